The molecule has 4 heteroatoms. The van der Waals surface area contributed by atoms with Gasteiger partial charge in [0.05, 0.1) is 10.7 Å². The maximum absolute atomic E-state index is 12.7. The molecule has 76 valence electrons. The van der Waals surface area contributed by atoms with Crippen molar-refractivity contribution in [3.05, 3.63) is 29.0 Å². The fourth-order valence-electron chi connectivity index (χ4n) is 0.840. The lowest BCUT2D eigenvalue weighted by atomic mass is 10.2. The minimum Gasteiger partial charge on any atom is -0.387 e. The molecule has 2 N–H and O–H groups in total. The van der Waals surface area contributed by atoms with E-state index in [-0.39, 0.29) is 16.8 Å². The third kappa shape index (κ3) is 2.70. The van der Waals surface area contributed by atoms with Gasteiger partial charge in [-0.2, -0.15) is 0 Å². The first-order valence-corrected chi connectivity index (χ1v) is 4.67. The van der Waals surface area contributed by atoms with Crippen LogP contribution >= 0.6 is 11.6 Å². The van der Waals surface area contributed by atoms with Crippen LogP contribution in [0.5, 0.6) is 0 Å². The summed E-state index contributed by atoms with van der Waals surface area (Å²) in [7, 11) is 0. The number of rotatable bonds is 2. The highest BCUT2D eigenvalue weighted by Crippen LogP contribution is 2.25. The Labute approximate surface area is 87.6 Å². The molecule has 1 aromatic carbocycles. The molecule has 0 atom stereocenters. The summed E-state index contributed by atoms with van der Waals surface area (Å²) in [5.74, 6) is 0.256. The Bertz CT molecular complexity index is 361. The maximum atomic E-state index is 12.7. The molecule has 0 aliphatic rings. The van der Waals surface area contributed by atoms with Crippen molar-refractivity contribution in [2.75, 3.05) is 0 Å². The van der Waals surface area contributed by atoms with Crippen LogP contribution in [0.15, 0.2) is 23.2 Å². The van der Waals surface area contributed by atoms with Crippen molar-refractivity contribution in [2.45, 2.75) is 13.8 Å². The molecule has 0 spiro atoms. The van der Waals surface area contributed by atoms with Crippen molar-refractivity contribution in [1.29, 1.82) is 0 Å². The van der Waals surface area contributed by atoms with Gasteiger partial charge in [0.15, 0.2) is 0 Å². The van der Waals surface area contributed by atoms with Gasteiger partial charge in [0.25, 0.3) is 0 Å². The van der Waals surface area contributed by atoms with E-state index in [4.69, 9.17) is 17.3 Å². The topological polar surface area (TPSA) is 38.4 Å². The number of nitrogens with zero attached hydrogens (tertiary/aromatic N) is 1. The van der Waals surface area contributed by atoms with Crippen molar-refractivity contribution < 1.29 is 4.39 Å². The molecule has 0 amide bonds. The summed E-state index contributed by atoms with van der Waals surface area (Å²) >= 11 is 5.78. The maximum Gasteiger partial charge on any atom is 0.124 e. The van der Waals surface area contributed by atoms with Gasteiger partial charge in [0.1, 0.15) is 11.7 Å². The van der Waals surface area contributed by atoms with E-state index < -0.39 is 0 Å². The van der Waals surface area contributed by atoms with Crippen molar-refractivity contribution in [3.63, 3.8) is 0 Å². The molecule has 1 aromatic rings. The van der Waals surface area contributed by atoms with E-state index in [0.29, 0.717) is 11.5 Å². The minimum absolute atomic E-state index is 0.149. The monoisotopic (exact) mass is 214 g/mol. The number of halogens is 2. The number of nitrogens with two attached hydrogens (primary N) is 1. The second kappa shape index (κ2) is 4.42. The van der Waals surface area contributed by atoms with E-state index in [1.165, 1.54) is 18.2 Å². The second-order valence-electron chi connectivity index (χ2n) is 3.29. The Balaban J connectivity index is 3.03. The van der Waals surface area contributed by atoms with Gasteiger partial charge in [0, 0.05) is 5.92 Å². The van der Waals surface area contributed by atoms with E-state index in [9.17, 15) is 4.39 Å². The number of amidine groups is 1. The van der Waals surface area contributed by atoms with Crippen LogP contribution in [0.25, 0.3) is 0 Å². The van der Waals surface area contributed by atoms with E-state index in [0.717, 1.165) is 0 Å². The Morgan fingerprint density at radius 1 is 1.50 bits per heavy atom. The van der Waals surface area contributed by atoms with E-state index in [1.807, 2.05) is 13.8 Å². The molecular weight excluding hydrogens is 203 g/mol. The molecule has 0 radical (unpaired) electrons. The Hall–Kier alpha value is -1.09. The zero-order chi connectivity index (χ0) is 10.7. The highest BCUT2D eigenvalue weighted by molar-refractivity contribution is 6.33. The van der Waals surface area contributed by atoms with Gasteiger partial charge in [-0.1, -0.05) is 25.4 Å². The van der Waals surface area contributed by atoms with Crippen molar-refractivity contribution >= 4 is 23.1 Å². The molecule has 0 bridgehead atoms. The minimum atomic E-state index is -0.378. The van der Waals surface area contributed by atoms with E-state index in [1.54, 1.807) is 0 Å². The van der Waals surface area contributed by atoms with Crippen molar-refractivity contribution in [1.82, 2.24) is 0 Å². The highest BCUT2D eigenvalue weighted by atomic mass is 35.5. The standard InChI is InChI=1S/C10H12ClFN2/c1-6(2)10(13)14-9-4-3-7(12)5-8(9)11/h3-6H,1-2H3,(H2,13,14). The molecule has 1 rings (SSSR count). The lowest BCUT2D eigenvalue weighted by molar-refractivity contribution is 0.628. The number of benzene rings is 1. The quantitative estimate of drug-likeness (QED) is 0.596. The van der Waals surface area contributed by atoms with Gasteiger partial charge in [-0.25, -0.2) is 9.38 Å². The van der Waals surface area contributed by atoms with Crippen LogP contribution in [0.2, 0.25) is 5.02 Å². The average molecular weight is 215 g/mol. The third-order valence-corrected chi connectivity index (χ3v) is 2.05. The van der Waals surface area contributed by atoms with Gasteiger partial charge >= 0.3 is 0 Å². The number of hydrogen-bond acceptors (Lipinski definition) is 1. The summed E-state index contributed by atoms with van der Waals surface area (Å²) < 4.78 is 12.7. The summed E-state index contributed by atoms with van der Waals surface area (Å²) in [6, 6.07) is 4.03. The largest absolute Gasteiger partial charge is 0.387 e. The van der Waals surface area contributed by atoms with Gasteiger partial charge in [-0.05, 0) is 18.2 Å². The van der Waals surface area contributed by atoms with Gasteiger partial charge in [0.2, 0.25) is 0 Å². The molecule has 0 unspecified atom stereocenters. The number of aliphatic imine (C=N–C) groups is 1. The Morgan fingerprint density at radius 2 is 2.14 bits per heavy atom. The van der Waals surface area contributed by atoms with Crippen molar-refractivity contribution in [3.8, 4) is 0 Å². The molecule has 0 saturated heterocycles. The first-order chi connectivity index (χ1) is 6.50. The average Bonchev–Trinajstić information content (AvgIpc) is 2.09. The Morgan fingerprint density at radius 3 is 2.64 bits per heavy atom. The first-order valence-electron chi connectivity index (χ1n) is 4.30. The predicted octanol–water partition coefficient (Wildman–Crippen LogP) is 3.12. The summed E-state index contributed by atoms with van der Waals surface area (Å²) in [5.41, 5.74) is 6.15. The fraction of sp³-hybridized carbons (Fsp3) is 0.300. The van der Waals surface area contributed by atoms with Crippen LogP contribution in [-0.2, 0) is 0 Å². The molecule has 0 aromatic heterocycles. The summed E-state index contributed by atoms with van der Waals surface area (Å²) in [6.07, 6.45) is 0. The Kier molecular flexibility index (Phi) is 3.47. The molecule has 0 fully saturated rings. The third-order valence-electron chi connectivity index (χ3n) is 1.75. The van der Waals surface area contributed by atoms with Crippen LogP contribution < -0.4 is 5.73 Å². The zero-order valence-electron chi connectivity index (χ0n) is 8.09. The van der Waals surface area contributed by atoms with Crippen LogP contribution in [0.3, 0.4) is 0 Å². The number of hydrogen-bond donors (Lipinski definition) is 1. The van der Waals surface area contributed by atoms with Gasteiger partial charge in [-0.15, -0.1) is 0 Å². The highest BCUT2D eigenvalue weighted by Gasteiger charge is 2.03. The van der Waals surface area contributed by atoms with Crippen LogP contribution in [-0.4, -0.2) is 5.84 Å². The van der Waals surface area contributed by atoms with Crippen LogP contribution in [0, 0.1) is 11.7 Å². The second-order valence-corrected chi connectivity index (χ2v) is 3.69. The molecule has 0 aliphatic heterocycles. The summed E-state index contributed by atoms with van der Waals surface area (Å²) in [4.78, 5) is 4.10. The summed E-state index contributed by atoms with van der Waals surface area (Å²) in [5, 5.41) is 0.272. The van der Waals surface area contributed by atoms with Crippen LogP contribution in [0.1, 0.15) is 13.8 Å². The first kappa shape index (κ1) is 11.0. The zero-order valence-corrected chi connectivity index (χ0v) is 8.85. The van der Waals surface area contributed by atoms with E-state index >= 15 is 0 Å². The van der Waals surface area contributed by atoms with Gasteiger partial charge < -0.3 is 5.73 Å². The molecular formula is C10H12ClFN2. The summed E-state index contributed by atoms with van der Waals surface area (Å²) in [6.45, 7) is 3.85. The smallest absolute Gasteiger partial charge is 0.124 e. The van der Waals surface area contributed by atoms with E-state index in [2.05, 4.69) is 4.99 Å². The SMILES string of the molecule is CC(C)C(N)=Nc1ccc(F)cc1Cl. The lowest BCUT2D eigenvalue weighted by Crippen LogP contribution is -2.18. The molecule has 0 heterocycles. The van der Waals surface area contributed by atoms with Gasteiger partial charge in [-0.3, -0.25) is 0 Å². The molecule has 0 aliphatic carbocycles. The molecule has 14 heavy (non-hydrogen) atoms. The lowest BCUT2D eigenvalue weighted by Gasteiger charge is -2.04. The fourth-order valence-corrected chi connectivity index (χ4v) is 1.05. The normalized spacial score (nSPS) is 12.2. The predicted molar refractivity (Wildman–Crippen MR) is 57.5 cm³/mol. The van der Waals surface area contributed by atoms with Crippen molar-refractivity contribution in [2.24, 2.45) is 16.6 Å². The molecule has 0 saturated carbocycles. The molecule has 2 nitrogen and oxygen atoms in total. The van der Waals surface area contributed by atoms with Crippen LogP contribution in [0.4, 0.5) is 10.1 Å².